The Hall–Kier alpha value is -1.56. The first-order valence-corrected chi connectivity index (χ1v) is 6.51. The van der Waals surface area contributed by atoms with Gasteiger partial charge in [0.2, 0.25) is 0 Å². The van der Waals surface area contributed by atoms with Crippen molar-refractivity contribution in [1.82, 2.24) is 4.98 Å². The molecule has 0 aromatic carbocycles. The first-order valence-electron chi connectivity index (χ1n) is 6.51. The van der Waals surface area contributed by atoms with Gasteiger partial charge in [0, 0.05) is 6.04 Å². The van der Waals surface area contributed by atoms with E-state index >= 15 is 0 Å². The molecule has 1 saturated carbocycles. The van der Waals surface area contributed by atoms with Crippen molar-refractivity contribution in [1.29, 1.82) is 5.26 Å². The molecule has 3 heteroatoms. The molecule has 0 unspecified atom stereocenters. The summed E-state index contributed by atoms with van der Waals surface area (Å²) in [5, 5.41) is 12.2. The quantitative estimate of drug-likeness (QED) is 0.844. The zero-order valence-corrected chi connectivity index (χ0v) is 10.2. The van der Waals surface area contributed by atoms with Crippen LogP contribution in [0.15, 0.2) is 18.3 Å². The van der Waals surface area contributed by atoms with E-state index in [9.17, 15) is 0 Å². The Kier molecular flexibility index (Phi) is 4.37. The van der Waals surface area contributed by atoms with Crippen LogP contribution in [0.3, 0.4) is 0 Å². The van der Waals surface area contributed by atoms with Crippen molar-refractivity contribution in [3.63, 3.8) is 0 Å². The average Bonchev–Trinajstić information content (AvgIpc) is 2.33. The highest BCUT2D eigenvalue weighted by atomic mass is 14.9. The second-order valence-corrected chi connectivity index (χ2v) is 4.73. The van der Waals surface area contributed by atoms with Crippen LogP contribution >= 0.6 is 0 Å². The molecule has 3 nitrogen and oxygen atoms in total. The monoisotopic (exact) mass is 229 g/mol. The Labute approximate surface area is 103 Å². The third-order valence-electron chi connectivity index (χ3n) is 3.35. The Morgan fingerprint density at radius 3 is 2.41 bits per heavy atom. The Bertz CT molecular complexity index is 369. The summed E-state index contributed by atoms with van der Waals surface area (Å²) in [6.45, 7) is 0. The van der Waals surface area contributed by atoms with E-state index in [1.165, 1.54) is 44.9 Å². The summed E-state index contributed by atoms with van der Waals surface area (Å²) < 4.78 is 0. The number of pyridine rings is 1. The van der Waals surface area contributed by atoms with Gasteiger partial charge in [-0.1, -0.05) is 32.1 Å². The highest BCUT2D eigenvalue weighted by molar-refractivity contribution is 5.43. The predicted octanol–water partition coefficient (Wildman–Crippen LogP) is 3.48. The van der Waals surface area contributed by atoms with Crippen LogP contribution in [-0.4, -0.2) is 11.0 Å². The Balaban J connectivity index is 1.91. The zero-order chi connectivity index (χ0) is 11.9. The second-order valence-electron chi connectivity index (χ2n) is 4.73. The highest BCUT2D eigenvalue weighted by Gasteiger charge is 2.10. The van der Waals surface area contributed by atoms with Gasteiger partial charge < -0.3 is 5.32 Å². The summed E-state index contributed by atoms with van der Waals surface area (Å²) in [5.41, 5.74) is 1.52. The molecule has 1 fully saturated rings. The summed E-state index contributed by atoms with van der Waals surface area (Å²) in [6, 6.07) is 6.33. The molecular formula is C14H19N3. The molecule has 0 aliphatic heterocycles. The summed E-state index contributed by atoms with van der Waals surface area (Å²) in [4.78, 5) is 4.08. The average molecular weight is 229 g/mol. The fourth-order valence-corrected chi connectivity index (χ4v) is 2.38. The van der Waals surface area contributed by atoms with E-state index in [0.29, 0.717) is 11.7 Å². The maximum atomic E-state index is 8.69. The van der Waals surface area contributed by atoms with Crippen LogP contribution in [-0.2, 0) is 0 Å². The van der Waals surface area contributed by atoms with Crippen molar-refractivity contribution in [3.8, 4) is 6.07 Å². The number of hydrogen-bond acceptors (Lipinski definition) is 3. The maximum Gasteiger partial charge on any atom is 0.140 e. The molecule has 17 heavy (non-hydrogen) atoms. The van der Waals surface area contributed by atoms with Crippen molar-refractivity contribution < 1.29 is 0 Å². The van der Waals surface area contributed by atoms with Crippen LogP contribution in [0.5, 0.6) is 0 Å². The van der Waals surface area contributed by atoms with Crippen molar-refractivity contribution in [3.05, 3.63) is 24.0 Å². The molecule has 0 saturated heterocycles. The molecular weight excluding hydrogens is 210 g/mol. The molecule has 0 spiro atoms. The lowest BCUT2D eigenvalue weighted by atomic mass is 9.96. The van der Waals surface area contributed by atoms with Crippen LogP contribution in [0.1, 0.15) is 50.6 Å². The molecule has 0 bridgehead atoms. The number of nitrogens with zero attached hydrogens (tertiary/aromatic N) is 2. The second kappa shape index (κ2) is 6.24. The molecule has 1 aliphatic carbocycles. The summed E-state index contributed by atoms with van der Waals surface area (Å²) in [7, 11) is 0. The normalized spacial score (nSPS) is 17.8. The van der Waals surface area contributed by atoms with Gasteiger partial charge in [-0.15, -0.1) is 0 Å². The molecule has 1 aromatic heterocycles. The van der Waals surface area contributed by atoms with E-state index in [0.717, 1.165) is 5.69 Å². The number of nitriles is 1. The first kappa shape index (κ1) is 11.9. The molecule has 2 rings (SSSR count). The van der Waals surface area contributed by atoms with Crippen molar-refractivity contribution in [2.75, 3.05) is 5.32 Å². The van der Waals surface area contributed by atoms with E-state index in [4.69, 9.17) is 5.26 Å². The van der Waals surface area contributed by atoms with Gasteiger partial charge in [0.15, 0.2) is 0 Å². The predicted molar refractivity (Wildman–Crippen MR) is 68.7 cm³/mol. The summed E-state index contributed by atoms with van der Waals surface area (Å²) in [6.07, 6.45) is 11.0. The van der Waals surface area contributed by atoms with Gasteiger partial charge >= 0.3 is 0 Å². The fraction of sp³-hybridized carbons (Fsp3) is 0.571. The third-order valence-corrected chi connectivity index (χ3v) is 3.35. The van der Waals surface area contributed by atoms with E-state index < -0.39 is 0 Å². The SMILES string of the molecule is N#Cc1ccc(NC2CCCCCCC2)cn1. The van der Waals surface area contributed by atoms with Gasteiger partial charge in [-0.2, -0.15) is 5.26 Å². The summed E-state index contributed by atoms with van der Waals surface area (Å²) in [5.74, 6) is 0. The first-order chi connectivity index (χ1) is 8.38. The number of anilines is 1. The Morgan fingerprint density at radius 1 is 1.12 bits per heavy atom. The molecule has 1 aliphatic rings. The Morgan fingerprint density at radius 2 is 1.82 bits per heavy atom. The largest absolute Gasteiger partial charge is 0.381 e. The summed E-state index contributed by atoms with van der Waals surface area (Å²) >= 11 is 0. The van der Waals surface area contributed by atoms with Crippen molar-refractivity contribution >= 4 is 5.69 Å². The fourth-order valence-electron chi connectivity index (χ4n) is 2.38. The minimum absolute atomic E-state index is 0.480. The van der Waals surface area contributed by atoms with E-state index in [-0.39, 0.29) is 0 Å². The van der Waals surface area contributed by atoms with Gasteiger partial charge in [-0.3, -0.25) is 0 Å². The smallest absolute Gasteiger partial charge is 0.140 e. The lowest BCUT2D eigenvalue weighted by Gasteiger charge is -2.21. The lowest BCUT2D eigenvalue weighted by molar-refractivity contribution is 0.471. The standard InChI is InChI=1S/C14H19N3/c15-10-13-8-9-14(11-16-13)17-12-6-4-2-1-3-5-7-12/h8-9,11-12,17H,1-7H2. The lowest BCUT2D eigenvalue weighted by Crippen LogP contribution is -2.20. The van der Waals surface area contributed by atoms with E-state index in [2.05, 4.69) is 10.3 Å². The minimum atomic E-state index is 0.480. The minimum Gasteiger partial charge on any atom is -0.381 e. The van der Waals surface area contributed by atoms with E-state index in [1.54, 1.807) is 12.3 Å². The maximum absolute atomic E-state index is 8.69. The van der Waals surface area contributed by atoms with Crippen LogP contribution < -0.4 is 5.32 Å². The number of aromatic nitrogens is 1. The van der Waals surface area contributed by atoms with Gasteiger partial charge in [0.25, 0.3) is 0 Å². The molecule has 0 amide bonds. The molecule has 1 N–H and O–H groups in total. The molecule has 1 heterocycles. The zero-order valence-electron chi connectivity index (χ0n) is 10.2. The highest BCUT2D eigenvalue weighted by Crippen LogP contribution is 2.20. The number of nitrogens with one attached hydrogen (secondary N) is 1. The van der Waals surface area contributed by atoms with Crippen molar-refractivity contribution in [2.45, 2.75) is 51.0 Å². The van der Waals surface area contributed by atoms with Gasteiger partial charge in [0.05, 0.1) is 11.9 Å². The topological polar surface area (TPSA) is 48.7 Å². The number of hydrogen-bond donors (Lipinski definition) is 1. The van der Waals surface area contributed by atoms with Crippen LogP contribution in [0, 0.1) is 11.3 Å². The molecule has 0 atom stereocenters. The van der Waals surface area contributed by atoms with Crippen molar-refractivity contribution in [2.24, 2.45) is 0 Å². The molecule has 0 radical (unpaired) electrons. The van der Waals surface area contributed by atoms with Gasteiger partial charge in [-0.05, 0) is 25.0 Å². The third kappa shape index (κ3) is 3.74. The molecule has 1 aromatic rings. The van der Waals surface area contributed by atoms with E-state index in [1.807, 2.05) is 12.1 Å². The van der Waals surface area contributed by atoms with Gasteiger partial charge in [-0.25, -0.2) is 4.98 Å². The van der Waals surface area contributed by atoms with Gasteiger partial charge in [0.1, 0.15) is 11.8 Å². The van der Waals surface area contributed by atoms with Crippen LogP contribution in [0.25, 0.3) is 0 Å². The van der Waals surface area contributed by atoms with Crippen LogP contribution in [0.2, 0.25) is 0 Å². The molecule has 90 valence electrons. The van der Waals surface area contributed by atoms with Crippen LogP contribution in [0.4, 0.5) is 5.69 Å². The number of rotatable bonds is 2.